The van der Waals surface area contributed by atoms with Gasteiger partial charge in [0.2, 0.25) is 0 Å². The van der Waals surface area contributed by atoms with E-state index in [4.69, 9.17) is 4.74 Å². The van der Waals surface area contributed by atoms with Crippen LogP contribution in [0.2, 0.25) is 0 Å². The SMILES string of the molecule is Cc1cc(CNC(C)C)cc(C)c1OCC1(O)CCCC1. The standard InChI is InChI=1S/C18H29NO2/c1-13(2)19-11-16-9-14(3)17(15(4)10-16)21-12-18(20)7-5-6-8-18/h9-10,13,19-20H,5-8,11-12H2,1-4H3. The Morgan fingerprint density at radius 3 is 2.29 bits per heavy atom. The highest BCUT2D eigenvalue weighted by atomic mass is 16.5. The van der Waals surface area contributed by atoms with Gasteiger partial charge in [-0.15, -0.1) is 0 Å². The third kappa shape index (κ3) is 4.45. The molecule has 1 fully saturated rings. The molecule has 0 amide bonds. The van der Waals surface area contributed by atoms with E-state index in [0.29, 0.717) is 12.6 Å². The maximum atomic E-state index is 10.4. The molecule has 0 atom stereocenters. The summed E-state index contributed by atoms with van der Waals surface area (Å²) >= 11 is 0. The van der Waals surface area contributed by atoms with E-state index in [9.17, 15) is 5.11 Å². The van der Waals surface area contributed by atoms with Crippen molar-refractivity contribution in [3.8, 4) is 5.75 Å². The van der Waals surface area contributed by atoms with Crippen molar-refractivity contribution in [2.75, 3.05) is 6.61 Å². The average Bonchev–Trinajstić information content (AvgIpc) is 2.82. The average molecular weight is 291 g/mol. The van der Waals surface area contributed by atoms with Gasteiger partial charge in [-0.1, -0.05) is 38.8 Å². The number of ether oxygens (including phenoxy) is 1. The van der Waals surface area contributed by atoms with Crippen LogP contribution in [-0.2, 0) is 6.54 Å². The Kier molecular flexibility index (Phi) is 5.28. The van der Waals surface area contributed by atoms with Crippen LogP contribution in [0.4, 0.5) is 0 Å². The van der Waals surface area contributed by atoms with Crippen molar-refractivity contribution in [2.24, 2.45) is 0 Å². The minimum absolute atomic E-state index is 0.415. The van der Waals surface area contributed by atoms with Gasteiger partial charge in [0.05, 0.1) is 5.60 Å². The van der Waals surface area contributed by atoms with E-state index in [1.165, 1.54) is 5.56 Å². The van der Waals surface area contributed by atoms with Gasteiger partial charge in [-0.3, -0.25) is 0 Å². The maximum absolute atomic E-state index is 10.4. The van der Waals surface area contributed by atoms with Gasteiger partial charge in [0.15, 0.2) is 0 Å². The van der Waals surface area contributed by atoms with Gasteiger partial charge in [0.1, 0.15) is 12.4 Å². The first-order chi connectivity index (χ1) is 9.89. The van der Waals surface area contributed by atoms with Crippen molar-refractivity contribution in [3.63, 3.8) is 0 Å². The molecule has 1 aliphatic rings. The van der Waals surface area contributed by atoms with Crippen LogP contribution in [0.5, 0.6) is 5.75 Å². The van der Waals surface area contributed by atoms with E-state index in [-0.39, 0.29) is 0 Å². The first-order valence-electron chi connectivity index (χ1n) is 8.08. The Morgan fingerprint density at radius 2 is 1.76 bits per heavy atom. The summed E-state index contributed by atoms with van der Waals surface area (Å²) in [6.07, 6.45) is 3.94. The Bertz CT molecular complexity index is 453. The third-order valence-electron chi connectivity index (χ3n) is 4.25. The Morgan fingerprint density at radius 1 is 1.19 bits per heavy atom. The molecule has 0 radical (unpaired) electrons. The van der Waals surface area contributed by atoms with Gasteiger partial charge < -0.3 is 15.2 Å². The predicted molar refractivity (Wildman–Crippen MR) is 86.8 cm³/mol. The molecule has 0 unspecified atom stereocenters. The van der Waals surface area contributed by atoms with Crippen molar-refractivity contribution in [1.82, 2.24) is 5.32 Å². The Labute approximate surface area is 128 Å². The van der Waals surface area contributed by atoms with Crippen molar-refractivity contribution < 1.29 is 9.84 Å². The Balaban J connectivity index is 2.02. The molecule has 0 spiro atoms. The largest absolute Gasteiger partial charge is 0.490 e. The van der Waals surface area contributed by atoms with Gasteiger partial charge in [-0.2, -0.15) is 0 Å². The van der Waals surface area contributed by atoms with E-state index in [2.05, 4.69) is 45.1 Å². The van der Waals surface area contributed by atoms with E-state index < -0.39 is 5.60 Å². The number of rotatable bonds is 6. The molecule has 0 aliphatic heterocycles. The first kappa shape index (κ1) is 16.3. The highest BCUT2D eigenvalue weighted by molar-refractivity contribution is 5.43. The Hall–Kier alpha value is -1.06. The summed E-state index contributed by atoms with van der Waals surface area (Å²) in [5.41, 5.74) is 2.97. The lowest BCUT2D eigenvalue weighted by Crippen LogP contribution is -2.32. The third-order valence-corrected chi connectivity index (χ3v) is 4.25. The predicted octanol–water partition coefficient (Wildman–Crippen LogP) is 3.49. The molecule has 2 rings (SSSR count). The topological polar surface area (TPSA) is 41.5 Å². The van der Waals surface area contributed by atoms with Crippen LogP contribution in [-0.4, -0.2) is 23.4 Å². The molecule has 0 bridgehead atoms. The fourth-order valence-corrected chi connectivity index (χ4v) is 3.08. The highest BCUT2D eigenvalue weighted by Crippen LogP contribution is 2.32. The van der Waals surface area contributed by atoms with Crippen LogP contribution in [0.3, 0.4) is 0 Å². The second kappa shape index (κ2) is 6.80. The number of nitrogens with one attached hydrogen (secondary N) is 1. The van der Waals surface area contributed by atoms with Crippen LogP contribution in [0.25, 0.3) is 0 Å². The zero-order valence-corrected chi connectivity index (χ0v) is 13.8. The molecule has 118 valence electrons. The zero-order valence-electron chi connectivity index (χ0n) is 13.8. The summed E-state index contributed by atoms with van der Waals surface area (Å²) in [6, 6.07) is 4.84. The summed E-state index contributed by atoms with van der Waals surface area (Å²) in [5.74, 6) is 0.934. The number of benzene rings is 1. The molecule has 0 heterocycles. The van der Waals surface area contributed by atoms with Gasteiger partial charge in [-0.25, -0.2) is 0 Å². The molecular formula is C18H29NO2. The fraction of sp³-hybridized carbons (Fsp3) is 0.667. The number of aryl methyl sites for hydroxylation is 2. The quantitative estimate of drug-likeness (QED) is 0.843. The van der Waals surface area contributed by atoms with Crippen LogP contribution in [0, 0.1) is 13.8 Å². The summed E-state index contributed by atoms with van der Waals surface area (Å²) < 4.78 is 5.96. The zero-order chi connectivity index (χ0) is 15.5. The van der Waals surface area contributed by atoms with Crippen molar-refractivity contribution in [1.29, 1.82) is 0 Å². The molecule has 1 saturated carbocycles. The minimum atomic E-state index is -0.614. The van der Waals surface area contributed by atoms with E-state index in [1.807, 2.05) is 0 Å². The number of aliphatic hydroxyl groups is 1. The lowest BCUT2D eigenvalue weighted by molar-refractivity contribution is 0.00103. The van der Waals surface area contributed by atoms with E-state index >= 15 is 0 Å². The van der Waals surface area contributed by atoms with Crippen molar-refractivity contribution >= 4 is 0 Å². The van der Waals surface area contributed by atoms with Crippen molar-refractivity contribution in [3.05, 3.63) is 28.8 Å². The molecule has 1 aliphatic carbocycles. The summed E-state index contributed by atoms with van der Waals surface area (Å²) in [5, 5.41) is 13.8. The lowest BCUT2D eigenvalue weighted by atomic mass is 10.0. The monoisotopic (exact) mass is 291 g/mol. The molecule has 21 heavy (non-hydrogen) atoms. The van der Waals surface area contributed by atoms with Crippen LogP contribution in [0.1, 0.15) is 56.2 Å². The molecular weight excluding hydrogens is 262 g/mol. The molecule has 3 nitrogen and oxygen atoms in total. The highest BCUT2D eigenvalue weighted by Gasteiger charge is 2.32. The van der Waals surface area contributed by atoms with Crippen molar-refractivity contribution in [2.45, 2.75) is 71.6 Å². The summed E-state index contributed by atoms with van der Waals surface area (Å²) in [4.78, 5) is 0. The second-order valence-corrected chi connectivity index (χ2v) is 6.81. The molecule has 1 aromatic carbocycles. The minimum Gasteiger partial charge on any atom is -0.490 e. The summed E-state index contributed by atoms with van der Waals surface area (Å²) in [7, 11) is 0. The first-order valence-corrected chi connectivity index (χ1v) is 8.08. The molecule has 3 heteroatoms. The second-order valence-electron chi connectivity index (χ2n) is 6.81. The number of hydrogen-bond acceptors (Lipinski definition) is 3. The van der Waals surface area contributed by atoms with Crippen LogP contribution < -0.4 is 10.1 Å². The summed E-state index contributed by atoms with van der Waals surface area (Å²) in [6.45, 7) is 9.76. The fourth-order valence-electron chi connectivity index (χ4n) is 3.08. The lowest BCUT2D eigenvalue weighted by Gasteiger charge is -2.24. The molecule has 2 N–H and O–H groups in total. The molecule has 0 aromatic heterocycles. The van der Waals surface area contributed by atoms with Gasteiger partial charge in [0, 0.05) is 12.6 Å². The van der Waals surface area contributed by atoms with Gasteiger partial charge >= 0.3 is 0 Å². The van der Waals surface area contributed by atoms with E-state index in [1.54, 1.807) is 0 Å². The normalized spacial score (nSPS) is 17.4. The van der Waals surface area contributed by atoms with Crippen LogP contribution in [0.15, 0.2) is 12.1 Å². The number of hydrogen-bond donors (Lipinski definition) is 2. The molecule has 1 aromatic rings. The maximum Gasteiger partial charge on any atom is 0.125 e. The van der Waals surface area contributed by atoms with Crippen LogP contribution >= 0.6 is 0 Å². The van der Waals surface area contributed by atoms with E-state index in [0.717, 1.165) is 49.1 Å². The van der Waals surface area contributed by atoms with Gasteiger partial charge in [-0.05, 0) is 43.4 Å². The smallest absolute Gasteiger partial charge is 0.125 e. The van der Waals surface area contributed by atoms with Gasteiger partial charge in [0.25, 0.3) is 0 Å². The molecule has 0 saturated heterocycles.